The second-order valence-corrected chi connectivity index (χ2v) is 8.10. The number of hydrogen-bond donors (Lipinski definition) is 1. The molecule has 3 heterocycles. The molecule has 2 saturated heterocycles. The summed E-state index contributed by atoms with van der Waals surface area (Å²) in [5.74, 6) is 0.982. The lowest BCUT2D eigenvalue weighted by Gasteiger charge is -2.34. The van der Waals surface area contributed by atoms with Crippen LogP contribution in [0.25, 0.3) is 0 Å². The van der Waals surface area contributed by atoms with Crippen molar-refractivity contribution < 1.29 is 9.47 Å². The van der Waals surface area contributed by atoms with Crippen LogP contribution in [0.4, 0.5) is 5.69 Å². The predicted molar refractivity (Wildman–Crippen MR) is 118 cm³/mol. The van der Waals surface area contributed by atoms with Gasteiger partial charge in [-0.2, -0.15) is 0 Å². The Labute approximate surface area is 174 Å². The lowest BCUT2D eigenvalue weighted by atomic mass is 10.1. The summed E-state index contributed by atoms with van der Waals surface area (Å²) < 4.78 is 11.8. The molecule has 0 radical (unpaired) electrons. The topological polar surface area (TPSA) is 49.3 Å². The molecule has 1 atom stereocenters. The van der Waals surface area contributed by atoms with Gasteiger partial charge in [0.2, 0.25) is 0 Å². The molecule has 29 heavy (non-hydrogen) atoms. The van der Waals surface area contributed by atoms with Crippen LogP contribution < -0.4 is 10.2 Å². The number of ether oxygens (including phenoxy) is 2. The maximum Gasteiger partial charge on any atom is 0.193 e. The van der Waals surface area contributed by atoms with Gasteiger partial charge in [0, 0.05) is 52.1 Å². The van der Waals surface area contributed by atoms with E-state index in [1.807, 2.05) is 7.05 Å². The minimum absolute atomic E-state index is 0.315. The van der Waals surface area contributed by atoms with Gasteiger partial charge in [0.1, 0.15) is 0 Å². The van der Waals surface area contributed by atoms with Gasteiger partial charge in [0.25, 0.3) is 0 Å². The Kier molecular flexibility index (Phi) is 7.06. The van der Waals surface area contributed by atoms with Crippen molar-refractivity contribution in [3.05, 3.63) is 42.0 Å². The summed E-state index contributed by atoms with van der Waals surface area (Å²) in [5, 5.41) is 3.53. The molecule has 6 nitrogen and oxygen atoms in total. The Balaban J connectivity index is 1.19. The van der Waals surface area contributed by atoms with E-state index in [4.69, 9.17) is 9.47 Å². The number of nitrogens with zero attached hydrogens (tertiary/aromatic N) is 3. The average molecular weight is 399 g/mol. The fraction of sp³-hybridized carbons (Fsp3) is 0.609. The van der Waals surface area contributed by atoms with Crippen LogP contribution in [0.15, 0.2) is 41.4 Å². The highest BCUT2D eigenvalue weighted by Crippen LogP contribution is 2.19. The van der Waals surface area contributed by atoms with Gasteiger partial charge in [-0.25, -0.2) is 0 Å². The first-order valence-corrected chi connectivity index (χ1v) is 11.0. The van der Waals surface area contributed by atoms with Crippen molar-refractivity contribution in [2.24, 2.45) is 4.99 Å². The van der Waals surface area contributed by atoms with Gasteiger partial charge in [-0.05, 0) is 43.4 Å². The number of hydrogen-bond acceptors (Lipinski definition) is 4. The fourth-order valence-corrected chi connectivity index (χ4v) is 4.28. The van der Waals surface area contributed by atoms with Gasteiger partial charge < -0.3 is 24.6 Å². The molecular weight excluding hydrogens is 364 g/mol. The summed E-state index contributed by atoms with van der Waals surface area (Å²) >= 11 is 0. The van der Waals surface area contributed by atoms with E-state index in [0.717, 1.165) is 71.2 Å². The normalized spacial score (nSPS) is 23.2. The molecule has 3 aliphatic heterocycles. The van der Waals surface area contributed by atoms with E-state index in [9.17, 15) is 0 Å². The molecule has 3 aliphatic rings. The van der Waals surface area contributed by atoms with Crippen LogP contribution >= 0.6 is 0 Å². The highest BCUT2D eigenvalue weighted by atomic mass is 16.5. The van der Waals surface area contributed by atoms with Crippen LogP contribution in [0.2, 0.25) is 0 Å². The molecule has 1 unspecified atom stereocenters. The maximum atomic E-state index is 6.09. The Bertz CT molecular complexity index is 681. The van der Waals surface area contributed by atoms with Crippen molar-refractivity contribution in [3.63, 3.8) is 0 Å². The molecule has 4 rings (SSSR count). The predicted octanol–water partition coefficient (Wildman–Crippen LogP) is 2.80. The van der Waals surface area contributed by atoms with Gasteiger partial charge >= 0.3 is 0 Å². The van der Waals surface area contributed by atoms with E-state index in [1.54, 1.807) is 0 Å². The van der Waals surface area contributed by atoms with Crippen molar-refractivity contribution in [2.45, 2.75) is 44.4 Å². The van der Waals surface area contributed by atoms with Crippen molar-refractivity contribution >= 4 is 11.6 Å². The molecular formula is C23H34N4O2. The van der Waals surface area contributed by atoms with Gasteiger partial charge in [0.05, 0.1) is 18.8 Å². The third kappa shape index (κ3) is 5.52. The molecule has 0 amide bonds. The van der Waals surface area contributed by atoms with Gasteiger partial charge in [-0.15, -0.1) is 0 Å². The number of nitrogens with one attached hydrogen (secondary N) is 1. The van der Waals surface area contributed by atoms with E-state index < -0.39 is 0 Å². The molecule has 0 aliphatic carbocycles. The van der Waals surface area contributed by atoms with E-state index in [2.05, 4.69) is 56.5 Å². The Morgan fingerprint density at radius 1 is 1.14 bits per heavy atom. The summed E-state index contributed by atoms with van der Waals surface area (Å²) in [6, 6.07) is 8.84. The summed E-state index contributed by atoms with van der Waals surface area (Å²) in [6.07, 6.45) is 9.51. The number of aliphatic imine (C=N–C) groups is 1. The number of anilines is 1. The maximum absolute atomic E-state index is 6.09. The summed E-state index contributed by atoms with van der Waals surface area (Å²) in [5.41, 5.74) is 2.56. The van der Waals surface area contributed by atoms with Crippen LogP contribution in [-0.4, -0.2) is 69.5 Å². The number of benzene rings is 1. The zero-order chi connectivity index (χ0) is 19.9. The second-order valence-electron chi connectivity index (χ2n) is 8.10. The van der Waals surface area contributed by atoms with Gasteiger partial charge in [-0.1, -0.05) is 24.3 Å². The van der Waals surface area contributed by atoms with Gasteiger partial charge in [-0.3, -0.25) is 4.99 Å². The van der Waals surface area contributed by atoms with Crippen molar-refractivity contribution in [2.75, 3.05) is 51.3 Å². The van der Waals surface area contributed by atoms with E-state index >= 15 is 0 Å². The number of rotatable bonds is 6. The highest BCUT2D eigenvalue weighted by Gasteiger charge is 2.24. The third-order valence-electron chi connectivity index (χ3n) is 6.07. The quantitative estimate of drug-likeness (QED) is 0.454. The summed E-state index contributed by atoms with van der Waals surface area (Å²) in [7, 11) is 1.87. The molecule has 2 fully saturated rings. The number of likely N-dealkylation sites (tertiary alicyclic amines) is 1. The summed E-state index contributed by atoms with van der Waals surface area (Å²) in [6.45, 7) is 6.43. The molecule has 0 bridgehead atoms. The van der Waals surface area contributed by atoms with Crippen molar-refractivity contribution in [1.29, 1.82) is 0 Å². The lowest BCUT2D eigenvalue weighted by molar-refractivity contribution is -0.0367. The molecule has 6 heteroatoms. The molecule has 0 saturated carbocycles. The second kappa shape index (κ2) is 10.1. The minimum Gasteiger partial charge on any atom is -0.376 e. The van der Waals surface area contributed by atoms with E-state index in [0.29, 0.717) is 12.2 Å². The van der Waals surface area contributed by atoms with E-state index in [1.165, 1.54) is 17.7 Å². The Morgan fingerprint density at radius 3 is 2.55 bits per heavy atom. The molecule has 1 aromatic rings. The van der Waals surface area contributed by atoms with Crippen molar-refractivity contribution in [3.8, 4) is 0 Å². The molecule has 1 aromatic carbocycles. The number of piperidine rings is 1. The smallest absolute Gasteiger partial charge is 0.193 e. The SMILES string of the molecule is CN=C(NCc1ccc(N2CC=CC2)cc1)N1CCC(OCC2CCCO2)CC1. The van der Waals surface area contributed by atoms with Crippen LogP contribution in [0.5, 0.6) is 0 Å². The standard InChI is InChI=1S/C23H34N4O2/c1-24-23(25-17-19-6-8-20(9-7-19)26-12-2-3-13-26)27-14-10-21(11-15-27)29-18-22-5-4-16-28-22/h2-3,6-9,21-22H,4-5,10-18H2,1H3,(H,24,25). The van der Waals surface area contributed by atoms with Crippen LogP contribution in [0, 0.1) is 0 Å². The van der Waals surface area contributed by atoms with Crippen LogP contribution in [0.3, 0.4) is 0 Å². The van der Waals surface area contributed by atoms with E-state index in [-0.39, 0.29) is 0 Å². The van der Waals surface area contributed by atoms with Crippen LogP contribution in [-0.2, 0) is 16.0 Å². The first-order valence-electron chi connectivity index (χ1n) is 11.0. The Morgan fingerprint density at radius 2 is 1.90 bits per heavy atom. The zero-order valence-electron chi connectivity index (χ0n) is 17.6. The molecule has 0 spiro atoms. The third-order valence-corrected chi connectivity index (χ3v) is 6.07. The molecule has 1 N–H and O–H groups in total. The first-order chi connectivity index (χ1) is 14.3. The summed E-state index contributed by atoms with van der Waals surface area (Å²) in [4.78, 5) is 9.20. The minimum atomic E-state index is 0.315. The molecule has 0 aromatic heterocycles. The lowest BCUT2D eigenvalue weighted by Crippen LogP contribution is -2.47. The zero-order valence-corrected chi connectivity index (χ0v) is 17.6. The number of guanidine groups is 1. The largest absolute Gasteiger partial charge is 0.376 e. The van der Waals surface area contributed by atoms with Gasteiger partial charge in [0.15, 0.2) is 5.96 Å². The first kappa shape index (κ1) is 20.2. The van der Waals surface area contributed by atoms with Crippen molar-refractivity contribution in [1.82, 2.24) is 10.2 Å². The Hall–Kier alpha value is -2.05. The highest BCUT2D eigenvalue weighted by molar-refractivity contribution is 5.80. The monoisotopic (exact) mass is 398 g/mol. The van der Waals surface area contributed by atoms with Crippen LogP contribution in [0.1, 0.15) is 31.2 Å². The molecule has 158 valence electrons. The average Bonchev–Trinajstić information content (AvgIpc) is 3.48. The fourth-order valence-electron chi connectivity index (χ4n) is 4.28.